The number of carbonyl (C=O) groups is 2. The molecule has 0 spiro atoms. The van der Waals surface area contributed by atoms with E-state index in [0.717, 1.165) is 5.56 Å². The fraction of sp³-hybridized carbons (Fsp3) is 0.167. The number of aliphatic hydroxyl groups is 1. The van der Waals surface area contributed by atoms with Gasteiger partial charge in [0.2, 0.25) is 17.2 Å². The molecule has 0 aliphatic heterocycles. The summed E-state index contributed by atoms with van der Waals surface area (Å²) in [5.41, 5.74) is 0.142. The summed E-state index contributed by atoms with van der Waals surface area (Å²) in [6.45, 7) is 0. The van der Waals surface area contributed by atoms with Gasteiger partial charge in [0.05, 0.1) is 5.92 Å². The number of fused-ring (bicyclic) bond motifs is 1. The molecule has 3 atom stereocenters. The number of ether oxygens (including phenoxy) is 1. The lowest BCUT2D eigenvalue weighted by Gasteiger charge is -2.43. The number of carbonyl (C=O) groups excluding carboxylic acids is 2. The van der Waals surface area contributed by atoms with Crippen molar-refractivity contribution in [2.45, 2.75) is 17.6 Å². The highest BCUT2D eigenvalue weighted by molar-refractivity contribution is 6.21. The maximum Gasteiger partial charge on any atom is 0.206 e. The molecule has 3 aromatic rings. The van der Waals surface area contributed by atoms with E-state index < -0.39 is 29.2 Å². The molecule has 5 heteroatoms. The molecule has 0 aromatic heterocycles. The Bertz CT molecular complexity index is 1060. The van der Waals surface area contributed by atoms with E-state index >= 15 is 0 Å². The second-order valence-corrected chi connectivity index (χ2v) is 7.06. The predicted octanol–water partition coefficient (Wildman–Crippen LogP) is 3.41. The number of aromatic hydroxyl groups is 1. The van der Waals surface area contributed by atoms with Crippen LogP contribution in [0, 0.1) is 0 Å². The van der Waals surface area contributed by atoms with Gasteiger partial charge in [0.1, 0.15) is 11.9 Å². The molecule has 4 rings (SSSR count). The minimum atomic E-state index is -1.94. The Kier molecular flexibility index (Phi) is 4.78. The third-order valence-corrected chi connectivity index (χ3v) is 5.54. The van der Waals surface area contributed by atoms with Crippen LogP contribution < -0.4 is 0 Å². The van der Waals surface area contributed by atoms with E-state index in [-0.39, 0.29) is 11.3 Å². The summed E-state index contributed by atoms with van der Waals surface area (Å²) in [5.74, 6) is -1.99. The van der Waals surface area contributed by atoms with Gasteiger partial charge in [-0.1, -0.05) is 54.6 Å². The van der Waals surface area contributed by atoms with Gasteiger partial charge in [-0.3, -0.25) is 9.59 Å². The first-order chi connectivity index (χ1) is 14.0. The monoisotopic (exact) mass is 388 g/mol. The lowest BCUT2D eigenvalue weighted by Crippen LogP contribution is -2.58. The summed E-state index contributed by atoms with van der Waals surface area (Å²) >= 11 is 0. The molecule has 0 bridgehead atoms. The van der Waals surface area contributed by atoms with Gasteiger partial charge in [-0.15, -0.1) is 0 Å². The van der Waals surface area contributed by atoms with Crippen molar-refractivity contribution in [3.05, 3.63) is 101 Å². The maximum absolute atomic E-state index is 13.7. The number of methoxy groups -OCH3 is 1. The number of benzene rings is 3. The van der Waals surface area contributed by atoms with Gasteiger partial charge >= 0.3 is 0 Å². The van der Waals surface area contributed by atoms with Gasteiger partial charge in [-0.25, -0.2) is 0 Å². The molecule has 0 saturated carbocycles. The molecule has 3 unspecified atom stereocenters. The van der Waals surface area contributed by atoms with E-state index in [9.17, 15) is 19.8 Å². The molecule has 0 fully saturated rings. The van der Waals surface area contributed by atoms with Crippen LogP contribution in [0.3, 0.4) is 0 Å². The lowest BCUT2D eigenvalue weighted by atomic mass is 9.64. The highest BCUT2D eigenvalue weighted by atomic mass is 16.5. The first-order valence-electron chi connectivity index (χ1n) is 9.26. The number of aliphatic hydroxyl groups excluding tert-OH is 1. The fourth-order valence-corrected chi connectivity index (χ4v) is 4.17. The molecule has 1 aliphatic carbocycles. The molecule has 0 saturated heterocycles. The topological polar surface area (TPSA) is 83.8 Å². The molecule has 0 amide bonds. The Morgan fingerprint density at radius 1 is 0.897 bits per heavy atom. The Balaban J connectivity index is 2.00. The van der Waals surface area contributed by atoms with Crippen LogP contribution in [0.5, 0.6) is 5.75 Å². The third kappa shape index (κ3) is 2.87. The number of Topliss-reactive ketones (excluding diaryl/α,β-unsaturated/α-hetero) is 2. The number of hydrogen-bond acceptors (Lipinski definition) is 5. The van der Waals surface area contributed by atoms with Gasteiger partial charge in [0.25, 0.3) is 0 Å². The van der Waals surface area contributed by atoms with Crippen LogP contribution in [0.2, 0.25) is 0 Å². The van der Waals surface area contributed by atoms with Crippen molar-refractivity contribution >= 4 is 11.6 Å². The quantitative estimate of drug-likeness (QED) is 0.529. The molecule has 0 radical (unpaired) electrons. The van der Waals surface area contributed by atoms with Crippen molar-refractivity contribution in [2.24, 2.45) is 0 Å². The number of rotatable bonds is 4. The van der Waals surface area contributed by atoms with Crippen LogP contribution in [0.1, 0.15) is 39.1 Å². The summed E-state index contributed by atoms with van der Waals surface area (Å²) in [5, 5.41) is 20.4. The summed E-state index contributed by atoms with van der Waals surface area (Å²) in [4.78, 5) is 27.1. The summed E-state index contributed by atoms with van der Waals surface area (Å²) < 4.78 is 5.71. The van der Waals surface area contributed by atoms with E-state index in [1.807, 2.05) is 36.4 Å². The average molecular weight is 388 g/mol. The van der Waals surface area contributed by atoms with Crippen molar-refractivity contribution < 1.29 is 24.5 Å². The Hall–Kier alpha value is -3.28. The highest BCUT2D eigenvalue weighted by Crippen LogP contribution is 2.48. The Morgan fingerprint density at radius 3 is 2.10 bits per heavy atom. The molecule has 29 heavy (non-hydrogen) atoms. The standard InChI is InChI=1S/C24H20O5/c1-29-24(22(27)16-11-13-17(25)14-12-16)20(15-7-3-2-4-8-15)18-9-5-6-10-19(18)21(26)23(24)28/h2-14,20-21,25-26H,1H3. The van der Waals surface area contributed by atoms with Gasteiger partial charge in [-0.05, 0) is 41.0 Å². The summed E-state index contributed by atoms with van der Waals surface area (Å²) in [6, 6.07) is 21.9. The molecule has 5 nitrogen and oxygen atoms in total. The number of phenolic OH excluding ortho intramolecular Hbond substituents is 1. The zero-order valence-electron chi connectivity index (χ0n) is 15.8. The minimum absolute atomic E-state index is 0.00739. The molecule has 3 aromatic carbocycles. The van der Waals surface area contributed by atoms with Crippen LogP contribution in [0.4, 0.5) is 0 Å². The third-order valence-electron chi connectivity index (χ3n) is 5.54. The fourth-order valence-electron chi connectivity index (χ4n) is 4.17. The first-order valence-corrected chi connectivity index (χ1v) is 9.26. The average Bonchev–Trinajstić information content (AvgIpc) is 2.77. The predicted molar refractivity (Wildman–Crippen MR) is 107 cm³/mol. The smallest absolute Gasteiger partial charge is 0.206 e. The lowest BCUT2D eigenvalue weighted by molar-refractivity contribution is -0.148. The summed E-state index contributed by atoms with van der Waals surface area (Å²) in [6.07, 6.45) is -1.48. The summed E-state index contributed by atoms with van der Waals surface area (Å²) in [7, 11) is 1.31. The second kappa shape index (κ2) is 7.28. The minimum Gasteiger partial charge on any atom is -0.508 e. The maximum atomic E-state index is 13.7. The Labute approximate surface area is 168 Å². The molecular formula is C24H20O5. The van der Waals surface area contributed by atoms with Crippen LogP contribution >= 0.6 is 0 Å². The first kappa shape index (κ1) is 19.1. The van der Waals surface area contributed by atoms with Crippen molar-refractivity contribution in [3.8, 4) is 5.75 Å². The number of phenols is 1. The van der Waals surface area contributed by atoms with Gasteiger partial charge in [0, 0.05) is 12.7 Å². The van der Waals surface area contributed by atoms with Crippen LogP contribution in [0.25, 0.3) is 0 Å². The van der Waals surface area contributed by atoms with Crippen LogP contribution in [-0.4, -0.2) is 34.5 Å². The zero-order chi connectivity index (χ0) is 20.6. The van der Waals surface area contributed by atoms with Crippen molar-refractivity contribution in [1.82, 2.24) is 0 Å². The largest absolute Gasteiger partial charge is 0.508 e. The van der Waals surface area contributed by atoms with E-state index in [4.69, 9.17) is 4.74 Å². The SMILES string of the molecule is COC1(C(=O)c2ccc(O)cc2)C(=O)C(O)c2ccccc2C1c1ccccc1. The van der Waals surface area contributed by atoms with E-state index in [2.05, 4.69) is 0 Å². The van der Waals surface area contributed by atoms with Gasteiger partial charge in [-0.2, -0.15) is 0 Å². The van der Waals surface area contributed by atoms with Crippen molar-refractivity contribution in [3.63, 3.8) is 0 Å². The zero-order valence-corrected chi connectivity index (χ0v) is 15.8. The van der Waals surface area contributed by atoms with E-state index in [0.29, 0.717) is 11.1 Å². The van der Waals surface area contributed by atoms with Crippen LogP contribution in [-0.2, 0) is 9.53 Å². The van der Waals surface area contributed by atoms with Crippen molar-refractivity contribution in [2.75, 3.05) is 7.11 Å². The van der Waals surface area contributed by atoms with Crippen LogP contribution in [0.15, 0.2) is 78.9 Å². The second-order valence-electron chi connectivity index (χ2n) is 7.06. The molecule has 0 heterocycles. The molecule has 146 valence electrons. The number of ketones is 2. The molecule has 1 aliphatic rings. The van der Waals surface area contributed by atoms with Crippen molar-refractivity contribution in [1.29, 1.82) is 0 Å². The van der Waals surface area contributed by atoms with E-state index in [1.54, 1.807) is 18.2 Å². The normalized spacial score (nSPS) is 23.4. The van der Waals surface area contributed by atoms with E-state index in [1.165, 1.54) is 31.4 Å². The highest BCUT2D eigenvalue weighted by Gasteiger charge is 2.59. The van der Waals surface area contributed by atoms with Gasteiger partial charge < -0.3 is 14.9 Å². The van der Waals surface area contributed by atoms with Gasteiger partial charge in [0.15, 0.2) is 0 Å². The number of hydrogen-bond donors (Lipinski definition) is 2. The molecular weight excluding hydrogens is 368 g/mol. The molecule has 2 N–H and O–H groups in total. The Morgan fingerprint density at radius 2 is 1.48 bits per heavy atom.